The molecular formula is C18H28O4. The lowest BCUT2D eigenvalue weighted by atomic mass is 9.99. The number of hydrogen-bond acceptors (Lipinski definition) is 4. The van der Waals surface area contributed by atoms with Crippen LogP contribution in [-0.2, 0) is 16.0 Å². The predicted octanol–water partition coefficient (Wildman–Crippen LogP) is 3.16. The maximum Gasteiger partial charge on any atom is 0.308 e. The molecule has 0 amide bonds. The summed E-state index contributed by atoms with van der Waals surface area (Å²) in [6.07, 6.45) is 3.50. The van der Waals surface area contributed by atoms with E-state index in [4.69, 9.17) is 4.74 Å². The van der Waals surface area contributed by atoms with E-state index >= 15 is 0 Å². The average molecular weight is 308 g/mol. The fourth-order valence-corrected chi connectivity index (χ4v) is 2.36. The number of benzene rings is 1. The minimum absolute atomic E-state index is 0.201. The Labute approximate surface area is 133 Å². The molecule has 1 aromatic rings. The Morgan fingerprint density at radius 3 is 2.36 bits per heavy atom. The number of carbonyl (C=O) groups is 1. The van der Waals surface area contributed by atoms with Gasteiger partial charge in [-0.15, -0.1) is 0 Å². The Balaban J connectivity index is 2.48. The molecule has 22 heavy (non-hydrogen) atoms. The molecule has 2 N–H and O–H groups in total. The van der Waals surface area contributed by atoms with Gasteiger partial charge in [-0.1, -0.05) is 50.5 Å². The third-order valence-corrected chi connectivity index (χ3v) is 3.69. The molecule has 0 spiro atoms. The summed E-state index contributed by atoms with van der Waals surface area (Å²) in [6, 6.07) is 7.57. The summed E-state index contributed by atoms with van der Waals surface area (Å²) in [5.41, 5.74) is 1.85. The van der Waals surface area contributed by atoms with Gasteiger partial charge in [0, 0.05) is 0 Å². The molecule has 0 aliphatic carbocycles. The van der Waals surface area contributed by atoms with Gasteiger partial charge in [0.1, 0.15) is 6.10 Å². The van der Waals surface area contributed by atoms with Crippen LogP contribution in [0, 0.1) is 0 Å². The zero-order chi connectivity index (χ0) is 16.4. The van der Waals surface area contributed by atoms with E-state index in [-0.39, 0.29) is 13.0 Å². The molecular weight excluding hydrogens is 280 g/mol. The first kappa shape index (κ1) is 18.7. The van der Waals surface area contributed by atoms with E-state index in [1.54, 1.807) is 6.92 Å². The SMILES string of the molecule is CCCCCCc1ccc(C(O)C(O)CC(=O)OCC)cc1. The summed E-state index contributed by atoms with van der Waals surface area (Å²) in [5, 5.41) is 20.0. The third kappa shape index (κ3) is 6.58. The van der Waals surface area contributed by atoms with Crippen LogP contribution in [0.3, 0.4) is 0 Å². The highest BCUT2D eigenvalue weighted by Crippen LogP contribution is 2.20. The molecule has 1 aromatic carbocycles. The van der Waals surface area contributed by atoms with Gasteiger partial charge in [0.25, 0.3) is 0 Å². The summed E-state index contributed by atoms with van der Waals surface area (Å²) >= 11 is 0. The number of hydrogen-bond donors (Lipinski definition) is 2. The number of rotatable bonds is 10. The number of carbonyl (C=O) groups excluding carboxylic acids is 1. The molecule has 0 bridgehead atoms. The Kier molecular flexibility index (Phi) is 8.78. The van der Waals surface area contributed by atoms with Crippen molar-refractivity contribution in [1.29, 1.82) is 0 Å². The molecule has 2 atom stereocenters. The normalized spacial score (nSPS) is 13.6. The topological polar surface area (TPSA) is 66.8 Å². The Hall–Kier alpha value is -1.39. The van der Waals surface area contributed by atoms with Crippen molar-refractivity contribution in [3.05, 3.63) is 35.4 Å². The smallest absolute Gasteiger partial charge is 0.308 e. The van der Waals surface area contributed by atoms with Crippen LogP contribution in [-0.4, -0.2) is 28.9 Å². The minimum Gasteiger partial charge on any atom is -0.466 e. The second-order valence-electron chi connectivity index (χ2n) is 5.57. The number of ether oxygens (including phenoxy) is 1. The summed E-state index contributed by atoms with van der Waals surface area (Å²) in [6.45, 7) is 4.17. The second-order valence-corrected chi connectivity index (χ2v) is 5.57. The third-order valence-electron chi connectivity index (χ3n) is 3.69. The zero-order valence-electron chi connectivity index (χ0n) is 13.6. The molecule has 4 heteroatoms. The van der Waals surface area contributed by atoms with Crippen molar-refractivity contribution in [2.75, 3.05) is 6.61 Å². The summed E-state index contributed by atoms with van der Waals surface area (Å²) in [4.78, 5) is 11.3. The highest BCUT2D eigenvalue weighted by Gasteiger charge is 2.21. The molecule has 0 heterocycles. The van der Waals surface area contributed by atoms with E-state index in [9.17, 15) is 15.0 Å². The Morgan fingerprint density at radius 1 is 1.09 bits per heavy atom. The molecule has 1 rings (SSSR count). The van der Waals surface area contributed by atoms with Gasteiger partial charge in [-0.2, -0.15) is 0 Å². The van der Waals surface area contributed by atoms with Crippen molar-refractivity contribution in [3.8, 4) is 0 Å². The maximum atomic E-state index is 11.3. The molecule has 0 aliphatic heterocycles. The molecule has 2 unspecified atom stereocenters. The van der Waals surface area contributed by atoms with Gasteiger partial charge in [-0.3, -0.25) is 4.79 Å². The van der Waals surface area contributed by atoms with E-state index < -0.39 is 18.2 Å². The lowest BCUT2D eigenvalue weighted by Gasteiger charge is -2.17. The zero-order valence-corrected chi connectivity index (χ0v) is 13.6. The van der Waals surface area contributed by atoms with Gasteiger partial charge in [-0.05, 0) is 30.9 Å². The number of aliphatic hydroxyl groups is 2. The van der Waals surface area contributed by atoms with Crippen molar-refractivity contribution in [2.45, 2.75) is 64.6 Å². The lowest BCUT2D eigenvalue weighted by Crippen LogP contribution is -2.23. The molecule has 0 saturated heterocycles. The van der Waals surface area contributed by atoms with Crippen LogP contribution in [0.25, 0.3) is 0 Å². The van der Waals surface area contributed by atoms with Crippen LogP contribution in [0.5, 0.6) is 0 Å². The second kappa shape index (κ2) is 10.4. The number of aliphatic hydroxyl groups excluding tert-OH is 2. The van der Waals surface area contributed by atoms with Crippen LogP contribution in [0.15, 0.2) is 24.3 Å². The summed E-state index contributed by atoms with van der Waals surface area (Å²) in [5.74, 6) is -0.499. The minimum atomic E-state index is -1.14. The largest absolute Gasteiger partial charge is 0.466 e. The average Bonchev–Trinajstić information content (AvgIpc) is 2.51. The molecule has 0 saturated carbocycles. The number of aryl methyl sites for hydroxylation is 1. The van der Waals surface area contributed by atoms with E-state index in [0.717, 1.165) is 6.42 Å². The van der Waals surface area contributed by atoms with Crippen molar-refractivity contribution < 1.29 is 19.7 Å². The van der Waals surface area contributed by atoms with Crippen molar-refractivity contribution in [3.63, 3.8) is 0 Å². The van der Waals surface area contributed by atoms with Crippen LogP contribution < -0.4 is 0 Å². The summed E-state index contributed by atoms with van der Waals surface area (Å²) < 4.78 is 4.77. The van der Waals surface area contributed by atoms with Crippen LogP contribution in [0.4, 0.5) is 0 Å². The van der Waals surface area contributed by atoms with Gasteiger partial charge in [0.15, 0.2) is 0 Å². The quantitative estimate of drug-likeness (QED) is 0.515. The molecule has 4 nitrogen and oxygen atoms in total. The highest BCUT2D eigenvalue weighted by atomic mass is 16.5. The first-order valence-corrected chi connectivity index (χ1v) is 8.19. The molecule has 0 aromatic heterocycles. The number of unbranched alkanes of at least 4 members (excludes halogenated alkanes) is 3. The van der Waals surface area contributed by atoms with Gasteiger partial charge in [0.05, 0.1) is 19.1 Å². The first-order chi connectivity index (χ1) is 10.6. The van der Waals surface area contributed by atoms with Gasteiger partial charge in [0.2, 0.25) is 0 Å². The van der Waals surface area contributed by atoms with E-state index in [0.29, 0.717) is 5.56 Å². The fraction of sp³-hybridized carbons (Fsp3) is 0.611. The highest BCUT2D eigenvalue weighted by molar-refractivity contribution is 5.70. The van der Waals surface area contributed by atoms with E-state index in [1.165, 1.54) is 31.2 Å². The Morgan fingerprint density at radius 2 is 1.77 bits per heavy atom. The molecule has 0 aliphatic rings. The monoisotopic (exact) mass is 308 g/mol. The van der Waals surface area contributed by atoms with Gasteiger partial charge >= 0.3 is 5.97 Å². The summed E-state index contributed by atoms with van der Waals surface area (Å²) in [7, 11) is 0. The molecule has 124 valence electrons. The first-order valence-electron chi connectivity index (χ1n) is 8.19. The lowest BCUT2D eigenvalue weighted by molar-refractivity contribution is -0.147. The van der Waals surface area contributed by atoms with Crippen molar-refractivity contribution in [1.82, 2.24) is 0 Å². The fourth-order valence-electron chi connectivity index (χ4n) is 2.36. The van der Waals surface area contributed by atoms with Crippen LogP contribution >= 0.6 is 0 Å². The van der Waals surface area contributed by atoms with Crippen LogP contribution in [0.2, 0.25) is 0 Å². The van der Waals surface area contributed by atoms with E-state index in [1.807, 2.05) is 24.3 Å². The van der Waals surface area contributed by atoms with Crippen LogP contribution in [0.1, 0.15) is 63.2 Å². The molecule has 0 radical (unpaired) electrons. The maximum absolute atomic E-state index is 11.3. The predicted molar refractivity (Wildman–Crippen MR) is 86.5 cm³/mol. The van der Waals surface area contributed by atoms with Crippen molar-refractivity contribution in [2.24, 2.45) is 0 Å². The van der Waals surface area contributed by atoms with Gasteiger partial charge < -0.3 is 14.9 Å². The van der Waals surface area contributed by atoms with Gasteiger partial charge in [-0.25, -0.2) is 0 Å². The van der Waals surface area contributed by atoms with E-state index in [2.05, 4.69) is 6.92 Å². The number of esters is 1. The molecule has 0 fully saturated rings. The Bertz CT molecular complexity index is 427. The standard InChI is InChI=1S/C18H28O4/c1-3-5-6-7-8-14-9-11-15(12-10-14)18(21)16(19)13-17(20)22-4-2/h9-12,16,18-19,21H,3-8,13H2,1-2H3. The van der Waals surface area contributed by atoms with Crippen molar-refractivity contribution >= 4 is 5.97 Å².